The minimum atomic E-state index is -0.378. The summed E-state index contributed by atoms with van der Waals surface area (Å²) in [7, 11) is 0. The van der Waals surface area contributed by atoms with Crippen LogP contribution in [0.1, 0.15) is 61.9 Å². The first-order chi connectivity index (χ1) is 19.3. The Bertz CT molecular complexity index is 1330. The topological polar surface area (TPSA) is 76.1 Å². The largest absolute Gasteiger partial charge is 0.494 e. The quantitative estimate of drug-likeness (QED) is 0.204. The molecular weight excluding hydrogens is 528 g/mol. The first-order valence-corrected chi connectivity index (χ1v) is 14.1. The molecule has 4 rings (SSSR count). The van der Waals surface area contributed by atoms with Crippen LogP contribution >= 0.6 is 11.6 Å². The van der Waals surface area contributed by atoms with E-state index in [1.807, 2.05) is 50.2 Å². The lowest BCUT2D eigenvalue weighted by Gasteiger charge is -2.40. The minimum Gasteiger partial charge on any atom is -0.494 e. The first kappa shape index (κ1) is 29.2. The fourth-order valence-electron chi connectivity index (χ4n) is 5.10. The van der Waals surface area contributed by atoms with Gasteiger partial charge in [-0.05, 0) is 93.8 Å². The molecule has 0 saturated heterocycles. The highest BCUT2D eigenvalue weighted by Crippen LogP contribution is 2.41. The van der Waals surface area contributed by atoms with E-state index in [1.165, 1.54) is 0 Å². The van der Waals surface area contributed by atoms with Crippen LogP contribution in [0.4, 0.5) is 11.4 Å². The maximum atomic E-state index is 13.8. The Morgan fingerprint density at radius 3 is 2.35 bits per heavy atom. The molecule has 0 aliphatic carbocycles. The van der Waals surface area contributed by atoms with Crippen molar-refractivity contribution in [2.24, 2.45) is 0 Å². The molecule has 2 unspecified atom stereocenters. The van der Waals surface area contributed by atoms with Gasteiger partial charge in [0.15, 0.2) is 0 Å². The van der Waals surface area contributed by atoms with Crippen LogP contribution in [0, 0.1) is 0 Å². The number of carbonyl (C=O) groups excluding carboxylic acids is 3. The number of benzene rings is 3. The number of hydrogen-bond donors (Lipinski definition) is 0. The van der Waals surface area contributed by atoms with Crippen molar-refractivity contribution in [2.75, 3.05) is 29.6 Å². The molecule has 40 heavy (non-hydrogen) atoms. The first-order valence-electron chi connectivity index (χ1n) is 13.7. The number of amides is 2. The standard InChI is InChI=1S/C32H35ClN2O5/c1-4-34(25-16-14-24(33)15-17-25)32(38)28-21-22(3)35(29-10-7-6-9-27(28)29)31(37)23-12-18-26(19-13-23)40-20-8-11-30(36)39-5-2/h6-7,9-10,12-19,22,28H,4-5,8,11,20-21H2,1-3H3. The van der Waals surface area contributed by atoms with Crippen molar-refractivity contribution in [1.29, 1.82) is 0 Å². The van der Waals surface area contributed by atoms with Gasteiger partial charge in [0, 0.05) is 41.0 Å². The zero-order chi connectivity index (χ0) is 28.6. The van der Waals surface area contributed by atoms with E-state index in [0.717, 1.165) is 16.9 Å². The molecule has 0 aromatic heterocycles. The van der Waals surface area contributed by atoms with Gasteiger partial charge in [0.1, 0.15) is 5.75 Å². The van der Waals surface area contributed by atoms with Gasteiger partial charge in [0.25, 0.3) is 5.91 Å². The zero-order valence-electron chi connectivity index (χ0n) is 23.1. The second-order valence-corrected chi connectivity index (χ2v) is 10.1. The lowest BCUT2D eigenvalue weighted by atomic mass is 9.84. The van der Waals surface area contributed by atoms with E-state index in [-0.39, 0.29) is 29.7 Å². The van der Waals surface area contributed by atoms with E-state index in [1.54, 1.807) is 53.1 Å². The fourth-order valence-corrected chi connectivity index (χ4v) is 5.23. The lowest BCUT2D eigenvalue weighted by molar-refractivity contribution is -0.143. The number of ether oxygens (including phenoxy) is 2. The van der Waals surface area contributed by atoms with Crippen LogP contribution in [0.2, 0.25) is 5.02 Å². The van der Waals surface area contributed by atoms with E-state index in [9.17, 15) is 14.4 Å². The van der Waals surface area contributed by atoms with E-state index in [0.29, 0.717) is 55.4 Å². The van der Waals surface area contributed by atoms with Gasteiger partial charge in [-0.15, -0.1) is 0 Å². The van der Waals surface area contributed by atoms with Crippen molar-refractivity contribution in [1.82, 2.24) is 0 Å². The van der Waals surface area contributed by atoms with Crippen molar-refractivity contribution < 1.29 is 23.9 Å². The average molecular weight is 563 g/mol. The molecule has 8 heteroatoms. The number of likely N-dealkylation sites (N-methyl/N-ethyl adjacent to an activating group) is 1. The van der Waals surface area contributed by atoms with Gasteiger partial charge in [0.05, 0.1) is 19.1 Å². The third-order valence-electron chi connectivity index (χ3n) is 7.03. The molecule has 1 aliphatic rings. The van der Waals surface area contributed by atoms with Crippen LogP contribution in [-0.4, -0.2) is 43.6 Å². The third kappa shape index (κ3) is 6.65. The number of carbonyl (C=O) groups is 3. The van der Waals surface area contributed by atoms with E-state index in [2.05, 4.69) is 0 Å². The van der Waals surface area contributed by atoms with Crippen LogP contribution in [0.3, 0.4) is 0 Å². The molecule has 0 bridgehead atoms. The van der Waals surface area contributed by atoms with Gasteiger partial charge >= 0.3 is 5.97 Å². The molecule has 3 aromatic carbocycles. The Morgan fingerprint density at radius 1 is 0.975 bits per heavy atom. The summed E-state index contributed by atoms with van der Waals surface area (Å²) in [4.78, 5) is 42.6. The van der Waals surface area contributed by atoms with Crippen molar-refractivity contribution in [3.63, 3.8) is 0 Å². The summed E-state index contributed by atoms with van der Waals surface area (Å²) in [6, 6.07) is 21.7. The molecule has 0 spiro atoms. The van der Waals surface area contributed by atoms with Crippen LogP contribution in [0.25, 0.3) is 0 Å². The summed E-state index contributed by atoms with van der Waals surface area (Å²) in [6.45, 7) is 6.98. The maximum absolute atomic E-state index is 13.8. The second-order valence-electron chi connectivity index (χ2n) is 9.71. The fraction of sp³-hybridized carbons (Fsp3) is 0.344. The summed E-state index contributed by atoms with van der Waals surface area (Å²) >= 11 is 6.06. The molecule has 0 radical (unpaired) electrons. The Morgan fingerprint density at radius 2 is 1.68 bits per heavy atom. The summed E-state index contributed by atoms with van der Waals surface area (Å²) < 4.78 is 10.7. The molecule has 2 atom stereocenters. The average Bonchev–Trinajstić information content (AvgIpc) is 2.96. The van der Waals surface area contributed by atoms with Crippen LogP contribution in [0.5, 0.6) is 5.75 Å². The van der Waals surface area contributed by atoms with Crippen LogP contribution in [0.15, 0.2) is 72.8 Å². The van der Waals surface area contributed by atoms with Crippen molar-refractivity contribution in [2.45, 2.75) is 52.0 Å². The molecule has 0 N–H and O–H groups in total. The number of nitrogens with zero attached hydrogens (tertiary/aromatic N) is 2. The SMILES string of the molecule is CCOC(=O)CCCOc1ccc(C(=O)N2c3ccccc3C(C(=O)N(CC)c3ccc(Cl)cc3)CC2C)cc1. The van der Waals surface area contributed by atoms with Gasteiger partial charge in [0.2, 0.25) is 5.91 Å². The van der Waals surface area contributed by atoms with Crippen LogP contribution in [-0.2, 0) is 14.3 Å². The Labute approximate surface area is 240 Å². The van der Waals surface area contributed by atoms with Gasteiger partial charge < -0.3 is 19.3 Å². The summed E-state index contributed by atoms with van der Waals surface area (Å²) in [5, 5.41) is 0.617. The number of halogens is 1. The summed E-state index contributed by atoms with van der Waals surface area (Å²) in [5.74, 6) is -0.124. The molecule has 0 saturated carbocycles. The normalized spacial score (nSPS) is 16.1. The minimum absolute atomic E-state index is 0.000629. The smallest absolute Gasteiger partial charge is 0.305 e. The molecule has 2 amide bonds. The Hall–Kier alpha value is -3.84. The number of fused-ring (bicyclic) bond motifs is 1. The van der Waals surface area contributed by atoms with Crippen molar-refractivity contribution >= 4 is 40.8 Å². The van der Waals surface area contributed by atoms with Crippen molar-refractivity contribution in [3.05, 3.63) is 88.9 Å². The predicted octanol–water partition coefficient (Wildman–Crippen LogP) is 6.64. The number of hydrogen-bond acceptors (Lipinski definition) is 5. The highest BCUT2D eigenvalue weighted by Gasteiger charge is 2.38. The number of anilines is 2. The number of esters is 1. The third-order valence-corrected chi connectivity index (χ3v) is 7.28. The van der Waals surface area contributed by atoms with Gasteiger partial charge in [-0.2, -0.15) is 0 Å². The predicted molar refractivity (Wildman–Crippen MR) is 157 cm³/mol. The van der Waals surface area contributed by atoms with Gasteiger partial charge in [-0.25, -0.2) is 0 Å². The summed E-state index contributed by atoms with van der Waals surface area (Å²) in [6.07, 6.45) is 1.36. The molecule has 0 fully saturated rings. The summed E-state index contributed by atoms with van der Waals surface area (Å²) in [5.41, 5.74) is 2.91. The molecule has 3 aromatic rings. The zero-order valence-corrected chi connectivity index (χ0v) is 23.9. The number of rotatable bonds is 10. The van der Waals surface area contributed by atoms with E-state index >= 15 is 0 Å². The van der Waals surface area contributed by atoms with E-state index in [4.69, 9.17) is 21.1 Å². The second kappa shape index (κ2) is 13.5. The lowest BCUT2D eigenvalue weighted by Crippen LogP contribution is -2.46. The van der Waals surface area contributed by atoms with Gasteiger partial charge in [-0.3, -0.25) is 14.4 Å². The monoisotopic (exact) mass is 562 g/mol. The number of para-hydroxylation sites is 1. The van der Waals surface area contributed by atoms with Crippen molar-refractivity contribution in [3.8, 4) is 5.75 Å². The van der Waals surface area contributed by atoms with Crippen LogP contribution < -0.4 is 14.5 Å². The molecule has 210 valence electrons. The Kier molecular flexibility index (Phi) is 9.83. The maximum Gasteiger partial charge on any atom is 0.305 e. The highest BCUT2D eigenvalue weighted by atomic mass is 35.5. The molecule has 7 nitrogen and oxygen atoms in total. The van der Waals surface area contributed by atoms with Gasteiger partial charge in [-0.1, -0.05) is 29.8 Å². The molecule has 1 heterocycles. The molecule has 1 aliphatic heterocycles. The highest BCUT2D eigenvalue weighted by molar-refractivity contribution is 6.30. The Balaban J connectivity index is 1.49. The van der Waals surface area contributed by atoms with E-state index < -0.39 is 0 Å². The molecular formula is C32H35ClN2O5.